The van der Waals surface area contributed by atoms with Crippen molar-refractivity contribution in [2.24, 2.45) is 5.92 Å². The predicted octanol–water partition coefficient (Wildman–Crippen LogP) is 3.91. The standard InChI is InChI=1S/C18H19F2N5O/c1-12(2)11-25-16(17(19)20)15(10-22-25)23-18(26)13-4-6-14(7-5-13)24-9-3-8-21-24/h3-10,12,17H,11H2,1-2H3,(H,23,26). The van der Waals surface area contributed by atoms with Gasteiger partial charge in [0.1, 0.15) is 5.69 Å². The molecule has 2 heterocycles. The highest BCUT2D eigenvalue weighted by Gasteiger charge is 2.22. The van der Waals surface area contributed by atoms with Gasteiger partial charge in [-0.25, -0.2) is 13.5 Å². The Morgan fingerprint density at radius 1 is 1.19 bits per heavy atom. The second kappa shape index (κ2) is 7.47. The molecule has 6 nitrogen and oxygen atoms in total. The third-order valence-electron chi connectivity index (χ3n) is 3.77. The number of benzene rings is 1. The second-order valence-electron chi connectivity index (χ2n) is 6.27. The molecule has 26 heavy (non-hydrogen) atoms. The minimum atomic E-state index is -2.73. The van der Waals surface area contributed by atoms with Crippen LogP contribution in [0.2, 0.25) is 0 Å². The van der Waals surface area contributed by atoms with Gasteiger partial charge in [0.2, 0.25) is 0 Å². The summed E-state index contributed by atoms with van der Waals surface area (Å²) in [5, 5.41) is 10.6. The van der Waals surface area contributed by atoms with E-state index < -0.39 is 12.3 Å². The number of anilines is 1. The zero-order valence-corrected chi connectivity index (χ0v) is 14.4. The first kappa shape index (κ1) is 17.8. The number of rotatable bonds is 6. The van der Waals surface area contributed by atoms with Gasteiger partial charge in [-0.05, 0) is 36.2 Å². The van der Waals surface area contributed by atoms with Crippen molar-refractivity contribution < 1.29 is 13.6 Å². The van der Waals surface area contributed by atoms with Gasteiger partial charge in [-0.15, -0.1) is 0 Å². The topological polar surface area (TPSA) is 64.7 Å². The molecule has 3 rings (SSSR count). The lowest BCUT2D eigenvalue weighted by Crippen LogP contribution is -2.15. The number of aromatic nitrogens is 4. The molecule has 0 saturated carbocycles. The molecule has 0 aliphatic heterocycles. The molecule has 1 amide bonds. The fraction of sp³-hybridized carbons (Fsp3) is 0.278. The third kappa shape index (κ3) is 3.79. The maximum Gasteiger partial charge on any atom is 0.282 e. The number of carbonyl (C=O) groups is 1. The van der Waals surface area contributed by atoms with Crippen LogP contribution < -0.4 is 5.32 Å². The van der Waals surface area contributed by atoms with E-state index in [0.717, 1.165) is 5.69 Å². The van der Waals surface area contributed by atoms with Crippen molar-refractivity contribution in [1.29, 1.82) is 0 Å². The van der Waals surface area contributed by atoms with E-state index in [0.29, 0.717) is 12.1 Å². The number of halogens is 2. The molecule has 0 unspecified atom stereocenters. The van der Waals surface area contributed by atoms with E-state index in [9.17, 15) is 13.6 Å². The van der Waals surface area contributed by atoms with Gasteiger partial charge in [-0.1, -0.05) is 13.8 Å². The third-order valence-corrected chi connectivity index (χ3v) is 3.77. The lowest BCUT2D eigenvalue weighted by molar-refractivity contribution is 0.102. The number of nitrogens with one attached hydrogen (secondary N) is 1. The van der Waals surface area contributed by atoms with Gasteiger partial charge < -0.3 is 5.32 Å². The maximum absolute atomic E-state index is 13.4. The van der Waals surface area contributed by atoms with Crippen LogP contribution in [-0.4, -0.2) is 25.5 Å². The zero-order valence-electron chi connectivity index (χ0n) is 14.4. The van der Waals surface area contributed by atoms with E-state index >= 15 is 0 Å². The molecule has 0 radical (unpaired) electrons. The quantitative estimate of drug-likeness (QED) is 0.726. The largest absolute Gasteiger partial charge is 0.319 e. The van der Waals surface area contributed by atoms with Crippen LogP contribution in [0.3, 0.4) is 0 Å². The number of alkyl halides is 2. The number of hydrogen-bond acceptors (Lipinski definition) is 3. The van der Waals surface area contributed by atoms with Crippen molar-refractivity contribution in [2.45, 2.75) is 26.8 Å². The summed E-state index contributed by atoms with van der Waals surface area (Å²) in [6.45, 7) is 4.18. The van der Waals surface area contributed by atoms with Crippen molar-refractivity contribution in [3.8, 4) is 5.69 Å². The van der Waals surface area contributed by atoms with Crippen LogP contribution in [0.4, 0.5) is 14.5 Å². The summed E-state index contributed by atoms with van der Waals surface area (Å²) < 4.78 is 29.7. The van der Waals surface area contributed by atoms with Gasteiger partial charge in [-0.3, -0.25) is 9.48 Å². The smallest absolute Gasteiger partial charge is 0.282 e. The van der Waals surface area contributed by atoms with Crippen molar-refractivity contribution in [3.63, 3.8) is 0 Å². The molecule has 1 aromatic carbocycles. The molecule has 0 aliphatic carbocycles. The summed E-state index contributed by atoms with van der Waals surface area (Å²) in [6, 6.07) is 8.50. The molecule has 0 spiro atoms. The van der Waals surface area contributed by atoms with Crippen LogP contribution in [0.1, 0.15) is 36.3 Å². The Morgan fingerprint density at radius 2 is 1.92 bits per heavy atom. The summed E-state index contributed by atoms with van der Waals surface area (Å²) in [5.41, 5.74) is 0.907. The van der Waals surface area contributed by atoms with Gasteiger partial charge in [0.25, 0.3) is 12.3 Å². The van der Waals surface area contributed by atoms with Crippen LogP contribution >= 0.6 is 0 Å². The highest BCUT2D eigenvalue weighted by molar-refractivity contribution is 6.04. The second-order valence-corrected chi connectivity index (χ2v) is 6.27. The highest BCUT2D eigenvalue weighted by Crippen LogP contribution is 2.28. The fourth-order valence-corrected chi connectivity index (χ4v) is 2.59. The van der Waals surface area contributed by atoms with E-state index in [2.05, 4.69) is 15.5 Å². The average molecular weight is 359 g/mol. The molecule has 2 aromatic heterocycles. The van der Waals surface area contributed by atoms with Crippen molar-refractivity contribution in [1.82, 2.24) is 19.6 Å². The van der Waals surface area contributed by atoms with Gasteiger partial charge in [0.15, 0.2) is 0 Å². The fourth-order valence-electron chi connectivity index (χ4n) is 2.59. The Bertz CT molecular complexity index is 870. The minimum Gasteiger partial charge on any atom is -0.319 e. The Morgan fingerprint density at radius 3 is 2.50 bits per heavy atom. The van der Waals surface area contributed by atoms with Crippen molar-refractivity contribution in [2.75, 3.05) is 5.32 Å². The van der Waals surface area contributed by atoms with E-state index in [4.69, 9.17) is 0 Å². The van der Waals surface area contributed by atoms with Gasteiger partial charge >= 0.3 is 0 Å². The first-order valence-corrected chi connectivity index (χ1v) is 8.21. The highest BCUT2D eigenvalue weighted by atomic mass is 19.3. The molecule has 1 N–H and O–H groups in total. The predicted molar refractivity (Wildman–Crippen MR) is 93.5 cm³/mol. The molecule has 8 heteroatoms. The summed E-state index contributed by atoms with van der Waals surface area (Å²) in [6.07, 6.45) is 1.97. The van der Waals surface area contributed by atoms with Gasteiger partial charge in [0, 0.05) is 24.5 Å². The maximum atomic E-state index is 13.4. The first-order chi connectivity index (χ1) is 12.5. The first-order valence-electron chi connectivity index (χ1n) is 8.21. The Kier molecular flexibility index (Phi) is 5.11. The number of hydrogen-bond donors (Lipinski definition) is 1. The summed E-state index contributed by atoms with van der Waals surface area (Å²) in [4.78, 5) is 12.4. The SMILES string of the molecule is CC(C)Cn1ncc(NC(=O)c2ccc(-n3cccn3)cc2)c1C(F)F. The van der Waals surface area contributed by atoms with E-state index in [1.54, 1.807) is 47.4 Å². The average Bonchev–Trinajstić information content (AvgIpc) is 3.24. The lowest BCUT2D eigenvalue weighted by Gasteiger charge is -2.11. The summed E-state index contributed by atoms with van der Waals surface area (Å²) >= 11 is 0. The number of carbonyl (C=O) groups excluding carboxylic acids is 1. The van der Waals surface area contributed by atoms with Crippen LogP contribution in [0.25, 0.3) is 5.69 Å². The van der Waals surface area contributed by atoms with Crippen LogP contribution in [0.5, 0.6) is 0 Å². The lowest BCUT2D eigenvalue weighted by atomic mass is 10.2. The Labute approximate surface area is 149 Å². The van der Waals surface area contributed by atoms with E-state index in [1.165, 1.54) is 10.9 Å². The Balaban J connectivity index is 1.78. The molecule has 0 aliphatic rings. The molecule has 0 atom stereocenters. The molecule has 0 bridgehead atoms. The van der Waals surface area contributed by atoms with Crippen molar-refractivity contribution in [3.05, 3.63) is 60.2 Å². The van der Waals surface area contributed by atoms with Crippen LogP contribution in [-0.2, 0) is 6.54 Å². The summed E-state index contributed by atoms with van der Waals surface area (Å²) in [5.74, 6) is -0.311. The normalized spacial score (nSPS) is 11.3. The molecule has 3 aromatic rings. The van der Waals surface area contributed by atoms with E-state index in [1.807, 2.05) is 13.8 Å². The van der Waals surface area contributed by atoms with Crippen LogP contribution in [0.15, 0.2) is 48.9 Å². The molecule has 0 saturated heterocycles. The summed E-state index contributed by atoms with van der Waals surface area (Å²) in [7, 11) is 0. The van der Waals surface area contributed by atoms with Gasteiger partial charge in [-0.2, -0.15) is 10.2 Å². The van der Waals surface area contributed by atoms with E-state index in [-0.39, 0.29) is 17.3 Å². The van der Waals surface area contributed by atoms with Crippen LogP contribution in [0, 0.1) is 5.92 Å². The van der Waals surface area contributed by atoms with Gasteiger partial charge in [0.05, 0.1) is 17.6 Å². The molecular formula is C18H19F2N5O. The molecule has 0 fully saturated rings. The monoisotopic (exact) mass is 359 g/mol. The molecular weight excluding hydrogens is 340 g/mol. The zero-order chi connectivity index (χ0) is 18.7. The Hall–Kier alpha value is -3.03. The number of amides is 1. The van der Waals surface area contributed by atoms with Crippen molar-refractivity contribution >= 4 is 11.6 Å². The molecule has 136 valence electrons. The minimum absolute atomic E-state index is 0.0294. The number of nitrogens with zero attached hydrogens (tertiary/aromatic N) is 4.